The predicted molar refractivity (Wildman–Crippen MR) is 112 cm³/mol. The first-order valence-electron chi connectivity index (χ1n) is 11.0. The van der Waals surface area contributed by atoms with Gasteiger partial charge in [0.1, 0.15) is 24.2 Å². The van der Waals surface area contributed by atoms with E-state index in [9.17, 15) is 14.7 Å². The van der Waals surface area contributed by atoms with Crippen LogP contribution in [-0.2, 0) is 9.59 Å². The Morgan fingerprint density at radius 2 is 1.93 bits per heavy atom. The third-order valence-electron chi connectivity index (χ3n) is 6.78. The van der Waals surface area contributed by atoms with Crippen molar-refractivity contribution in [2.24, 2.45) is 11.8 Å². The first-order chi connectivity index (χ1) is 14.2. The monoisotopic (exact) mass is 420 g/mol. The highest BCUT2D eigenvalue weighted by molar-refractivity contribution is 5.86. The zero-order valence-electron chi connectivity index (χ0n) is 18.6. The Morgan fingerprint density at radius 3 is 2.53 bits per heavy atom. The number of aliphatic hydroxyl groups is 1. The van der Waals surface area contributed by atoms with Gasteiger partial charge in [-0.05, 0) is 45.1 Å². The number of likely N-dealkylation sites (N-methyl/N-ethyl adjacent to an activating group) is 1. The molecule has 0 radical (unpaired) electrons. The van der Waals surface area contributed by atoms with Gasteiger partial charge in [-0.15, -0.1) is 10.2 Å². The van der Waals surface area contributed by atoms with Crippen molar-refractivity contribution in [3.05, 3.63) is 12.7 Å². The van der Waals surface area contributed by atoms with E-state index in [1.807, 2.05) is 37.6 Å². The fourth-order valence-corrected chi connectivity index (χ4v) is 4.84. The summed E-state index contributed by atoms with van der Waals surface area (Å²) in [6.45, 7) is 8.53. The highest BCUT2D eigenvalue weighted by atomic mass is 16.3. The lowest BCUT2D eigenvalue weighted by Crippen LogP contribution is -2.53. The van der Waals surface area contributed by atoms with E-state index in [1.165, 1.54) is 0 Å². The lowest BCUT2D eigenvalue weighted by molar-refractivity contribution is -0.141. The largest absolute Gasteiger partial charge is 0.392 e. The Morgan fingerprint density at radius 1 is 1.23 bits per heavy atom. The fraction of sp³-hybridized carbons (Fsp3) is 0.810. The van der Waals surface area contributed by atoms with Gasteiger partial charge >= 0.3 is 0 Å². The van der Waals surface area contributed by atoms with Crippen molar-refractivity contribution in [3.63, 3.8) is 0 Å². The zero-order valence-corrected chi connectivity index (χ0v) is 18.6. The van der Waals surface area contributed by atoms with Crippen LogP contribution in [-0.4, -0.2) is 86.4 Å². The molecule has 2 saturated heterocycles. The molecule has 2 N–H and O–H groups in total. The molecule has 3 rings (SSSR count). The molecule has 4 atom stereocenters. The summed E-state index contributed by atoms with van der Waals surface area (Å²) in [4.78, 5) is 29.9. The van der Waals surface area contributed by atoms with Crippen molar-refractivity contribution in [3.8, 4) is 0 Å². The van der Waals surface area contributed by atoms with Crippen molar-refractivity contribution in [1.29, 1.82) is 0 Å². The number of aliphatic hydroxyl groups excluding tert-OH is 1. The van der Waals surface area contributed by atoms with Crippen LogP contribution in [0, 0.1) is 11.8 Å². The summed E-state index contributed by atoms with van der Waals surface area (Å²) >= 11 is 0. The molecule has 2 aliphatic rings. The molecule has 1 aromatic heterocycles. The van der Waals surface area contributed by atoms with Crippen LogP contribution in [0.2, 0.25) is 0 Å². The van der Waals surface area contributed by atoms with Crippen LogP contribution in [0.5, 0.6) is 0 Å². The van der Waals surface area contributed by atoms with Crippen LogP contribution >= 0.6 is 0 Å². The summed E-state index contributed by atoms with van der Waals surface area (Å²) in [5.74, 6) is 0.567. The highest BCUT2D eigenvalue weighted by Gasteiger charge is 2.47. The van der Waals surface area contributed by atoms with Crippen LogP contribution in [0.3, 0.4) is 0 Å². The zero-order chi connectivity index (χ0) is 21.9. The van der Waals surface area contributed by atoms with Gasteiger partial charge in [0.05, 0.1) is 6.10 Å². The van der Waals surface area contributed by atoms with Crippen molar-refractivity contribution < 1.29 is 14.7 Å². The van der Waals surface area contributed by atoms with E-state index in [2.05, 4.69) is 15.5 Å². The number of amides is 2. The molecule has 3 heterocycles. The maximum atomic E-state index is 13.2. The third-order valence-corrected chi connectivity index (χ3v) is 6.78. The van der Waals surface area contributed by atoms with Crippen molar-refractivity contribution >= 4 is 11.8 Å². The predicted octanol–water partition coefficient (Wildman–Crippen LogP) is 0.675. The Labute approximate surface area is 178 Å². The molecule has 2 amide bonds. The van der Waals surface area contributed by atoms with E-state index in [1.54, 1.807) is 17.2 Å². The van der Waals surface area contributed by atoms with Gasteiger partial charge < -0.3 is 19.9 Å². The smallest absolute Gasteiger partial charge is 0.243 e. The number of likely N-dealkylation sites (tertiary alicyclic amines) is 2. The number of nitrogens with one attached hydrogen (secondary N) is 1. The minimum absolute atomic E-state index is 0.0175. The summed E-state index contributed by atoms with van der Waals surface area (Å²) in [7, 11) is 1.91. The normalized spacial score (nSPS) is 29.1. The van der Waals surface area contributed by atoms with Gasteiger partial charge in [-0.25, -0.2) is 0 Å². The lowest BCUT2D eigenvalue weighted by Gasteiger charge is -2.35. The standard InChI is InChI=1S/C21H36N6O3/c1-15(2)18(27-13-23-24-14-27)19(29)22-11-16-6-5-8-26(9-7-16)20(30)21(3)10-17(28)12-25(21)4/h13-18,28H,5-12H2,1-4H3,(H,22,29). The molecule has 9 heteroatoms. The molecular formula is C21H36N6O3. The molecule has 168 valence electrons. The minimum atomic E-state index is -0.628. The summed E-state index contributed by atoms with van der Waals surface area (Å²) in [6, 6.07) is -0.326. The van der Waals surface area contributed by atoms with Crippen molar-refractivity contribution in [1.82, 2.24) is 29.9 Å². The molecule has 1 aromatic rings. The molecular weight excluding hydrogens is 384 g/mol. The number of β-amino-alcohol motifs (C(OH)–C–C–N with tert-alkyl or cyclic N) is 1. The fourth-order valence-electron chi connectivity index (χ4n) is 4.84. The van der Waals surface area contributed by atoms with Crippen molar-refractivity contribution in [2.45, 2.75) is 64.1 Å². The third kappa shape index (κ3) is 4.83. The molecule has 0 spiro atoms. The lowest BCUT2D eigenvalue weighted by atomic mass is 9.96. The van der Waals surface area contributed by atoms with Crippen molar-refractivity contribution in [2.75, 3.05) is 33.2 Å². The average Bonchev–Trinajstić information content (AvgIpc) is 3.21. The number of rotatable bonds is 6. The second-order valence-electron chi connectivity index (χ2n) is 9.44. The molecule has 30 heavy (non-hydrogen) atoms. The summed E-state index contributed by atoms with van der Waals surface area (Å²) in [5.41, 5.74) is -0.628. The molecule has 0 bridgehead atoms. The summed E-state index contributed by atoms with van der Waals surface area (Å²) in [6.07, 6.45) is 5.98. The van der Waals surface area contributed by atoms with E-state index >= 15 is 0 Å². The second-order valence-corrected chi connectivity index (χ2v) is 9.44. The van der Waals surface area contributed by atoms with E-state index in [0.717, 1.165) is 25.8 Å². The number of hydrogen-bond donors (Lipinski definition) is 2. The second kappa shape index (κ2) is 9.43. The van der Waals surface area contributed by atoms with Crippen LogP contribution in [0.25, 0.3) is 0 Å². The quantitative estimate of drug-likeness (QED) is 0.701. The Bertz CT molecular complexity index is 724. The maximum Gasteiger partial charge on any atom is 0.243 e. The molecule has 0 saturated carbocycles. The van der Waals surface area contributed by atoms with Crippen LogP contribution < -0.4 is 5.32 Å². The summed E-state index contributed by atoms with van der Waals surface area (Å²) < 4.78 is 1.75. The van der Waals surface area contributed by atoms with E-state index in [4.69, 9.17) is 0 Å². The first kappa shape index (κ1) is 22.7. The van der Waals surface area contributed by atoms with Gasteiger partial charge in [0.15, 0.2) is 0 Å². The topological polar surface area (TPSA) is 104 Å². The first-order valence-corrected chi connectivity index (χ1v) is 11.0. The molecule has 2 aliphatic heterocycles. The van der Waals surface area contributed by atoms with Gasteiger partial charge in [0.2, 0.25) is 11.8 Å². The van der Waals surface area contributed by atoms with Crippen LogP contribution in [0.15, 0.2) is 12.7 Å². The molecule has 4 unspecified atom stereocenters. The average molecular weight is 421 g/mol. The Kier molecular flexibility index (Phi) is 7.13. The van der Waals surface area contributed by atoms with E-state index in [0.29, 0.717) is 32.0 Å². The van der Waals surface area contributed by atoms with Crippen LogP contribution in [0.4, 0.5) is 0 Å². The molecule has 2 fully saturated rings. The maximum absolute atomic E-state index is 13.2. The van der Waals surface area contributed by atoms with Gasteiger partial charge in [0.25, 0.3) is 0 Å². The Balaban J connectivity index is 1.53. The Hall–Kier alpha value is -2.00. The molecule has 9 nitrogen and oxygen atoms in total. The van der Waals surface area contributed by atoms with E-state index < -0.39 is 11.6 Å². The molecule has 0 aromatic carbocycles. The van der Waals surface area contributed by atoms with E-state index in [-0.39, 0.29) is 23.8 Å². The number of hydrogen-bond acceptors (Lipinski definition) is 6. The number of carbonyl (C=O) groups excluding carboxylic acids is 2. The van der Waals surface area contributed by atoms with Gasteiger partial charge in [0, 0.05) is 32.6 Å². The summed E-state index contributed by atoms with van der Waals surface area (Å²) in [5, 5.41) is 20.7. The number of carbonyl (C=O) groups is 2. The van der Waals surface area contributed by atoms with Gasteiger partial charge in [-0.3, -0.25) is 14.5 Å². The minimum Gasteiger partial charge on any atom is -0.392 e. The van der Waals surface area contributed by atoms with Gasteiger partial charge in [-0.2, -0.15) is 0 Å². The van der Waals surface area contributed by atoms with Gasteiger partial charge in [-0.1, -0.05) is 13.8 Å². The van der Waals surface area contributed by atoms with Crippen LogP contribution in [0.1, 0.15) is 52.5 Å². The SMILES string of the molecule is CC(C)C(C(=O)NCC1CCCN(C(=O)C2(C)CC(O)CN2C)CC1)n1cnnc1. The highest BCUT2D eigenvalue weighted by Crippen LogP contribution is 2.31. The molecule has 0 aliphatic carbocycles. The number of nitrogens with zero attached hydrogens (tertiary/aromatic N) is 5. The number of aromatic nitrogens is 3.